The molecule has 1 N–H and O–H groups in total. The minimum absolute atomic E-state index is 0.0611. The first-order chi connectivity index (χ1) is 16.3. The maximum absolute atomic E-state index is 13.5. The van der Waals surface area contributed by atoms with Gasteiger partial charge in [-0.15, -0.1) is 0 Å². The molecular formula is C24H24F2N2O6. The van der Waals surface area contributed by atoms with E-state index in [1.165, 1.54) is 19.2 Å². The van der Waals surface area contributed by atoms with Gasteiger partial charge in [-0.3, -0.25) is 14.4 Å². The molecule has 0 radical (unpaired) electrons. The van der Waals surface area contributed by atoms with Gasteiger partial charge in [-0.05, 0) is 49.2 Å². The molecule has 0 aromatic heterocycles. The summed E-state index contributed by atoms with van der Waals surface area (Å²) in [6.45, 7) is 0.174. The molecule has 10 heteroatoms. The number of nitrogens with one attached hydrogen (secondary N) is 1. The molecule has 0 aliphatic carbocycles. The van der Waals surface area contributed by atoms with Crippen LogP contribution in [-0.4, -0.2) is 61.7 Å². The number of likely N-dealkylation sites (N-methyl/N-ethyl adjacent to an activating group) is 1. The predicted molar refractivity (Wildman–Crippen MR) is 117 cm³/mol. The number of ether oxygens (including phenoxy) is 3. The number of halogens is 2. The molecule has 2 heterocycles. The number of hydrogen-bond donors (Lipinski definition) is 1. The van der Waals surface area contributed by atoms with Gasteiger partial charge in [0.1, 0.15) is 18.5 Å². The highest BCUT2D eigenvalue weighted by Gasteiger charge is 2.39. The quantitative estimate of drug-likeness (QED) is 0.685. The van der Waals surface area contributed by atoms with Crippen LogP contribution < -0.4 is 10.1 Å². The molecule has 0 unspecified atom stereocenters. The molecule has 1 fully saturated rings. The van der Waals surface area contributed by atoms with Gasteiger partial charge in [-0.25, -0.2) is 8.78 Å². The molecule has 4 rings (SSSR count). The lowest BCUT2D eigenvalue weighted by atomic mass is 9.94. The number of carbonyl (C=O) groups excluding carboxylic acids is 3. The Morgan fingerprint density at radius 1 is 1.15 bits per heavy atom. The Kier molecular flexibility index (Phi) is 6.78. The van der Waals surface area contributed by atoms with E-state index in [1.54, 1.807) is 24.1 Å². The number of carbonyl (C=O) groups is 3. The van der Waals surface area contributed by atoms with E-state index >= 15 is 0 Å². The number of fused-ring (bicyclic) bond motifs is 2. The second-order valence-electron chi connectivity index (χ2n) is 8.24. The van der Waals surface area contributed by atoms with E-state index in [1.807, 2.05) is 0 Å². The molecule has 0 bridgehead atoms. The topological polar surface area (TPSA) is 94.2 Å². The van der Waals surface area contributed by atoms with Gasteiger partial charge in [0.25, 0.3) is 11.8 Å². The van der Waals surface area contributed by atoms with Crippen LogP contribution in [0.15, 0.2) is 36.4 Å². The second-order valence-corrected chi connectivity index (χ2v) is 8.24. The summed E-state index contributed by atoms with van der Waals surface area (Å²) in [5.41, 5.74) is 0.490. The van der Waals surface area contributed by atoms with Crippen LogP contribution >= 0.6 is 0 Å². The number of methoxy groups -OCH3 is 1. The highest BCUT2D eigenvalue weighted by molar-refractivity contribution is 6.05. The Hall–Kier alpha value is -3.53. The fourth-order valence-electron chi connectivity index (χ4n) is 4.22. The van der Waals surface area contributed by atoms with Crippen molar-refractivity contribution in [2.75, 3.05) is 26.1 Å². The van der Waals surface area contributed by atoms with Gasteiger partial charge in [-0.2, -0.15) is 0 Å². The Labute approximate surface area is 194 Å². The van der Waals surface area contributed by atoms with Crippen molar-refractivity contribution in [3.05, 3.63) is 59.2 Å². The first-order valence-electron chi connectivity index (χ1n) is 10.8. The van der Waals surface area contributed by atoms with Crippen LogP contribution in [-0.2, 0) is 14.3 Å². The predicted octanol–water partition coefficient (Wildman–Crippen LogP) is 3.16. The van der Waals surface area contributed by atoms with E-state index in [0.717, 1.165) is 12.1 Å². The molecule has 0 spiro atoms. The van der Waals surface area contributed by atoms with Crippen LogP contribution in [0.25, 0.3) is 0 Å². The van der Waals surface area contributed by atoms with Crippen molar-refractivity contribution >= 4 is 23.5 Å². The summed E-state index contributed by atoms with van der Waals surface area (Å²) in [5, 5.41) is 2.59. The van der Waals surface area contributed by atoms with E-state index in [9.17, 15) is 23.2 Å². The van der Waals surface area contributed by atoms with Gasteiger partial charge in [0, 0.05) is 18.3 Å². The summed E-state index contributed by atoms with van der Waals surface area (Å²) in [6.07, 6.45) is 0.617. The molecule has 1 saturated heterocycles. The van der Waals surface area contributed by atoms with E-state index in [4.69, 9.17) is 14.2 Å². The highest BCUT2D eigenvalue weighted by atomic mass is 19.2. The summed E-state index contributed by atoms with van der Waals surface area (Å²) in [4.78, 5) is 38.9. The van der Waals surface area contributed by atoms with Crippen molar-refractivity contribution in [1.29, 1.82) is 0 Å². The minimum atomic E-state index is -1.13. The summed E-state index contributed by atoms with van der Waals surface area (Å²) in [5.74, 6) is -3.19. The van der Waals surface area contributed by atoms with Gasteiger partial charge in [0.05, 0.1) is 31.2 Å². The van der Waals surface area contributed by atoms with Crippen LogP contribution in [0.5, 0.6) is 5.75 Å². The Morgan fingerprint density at radius 3 is 2.68 bits per heavy atom. The SMILES string of the molecule is COC(=O)C[C@@H]1CC[C@@H]2[C@H](COc3ccc(NC(=O)c4ccc(F)c(F)c4)cc3C(=O)N2C)O1. The van der Waals surface area contributed by atoms with Crippen LogP contribution in [0.4, 0.5) is 14.5 Å². The zero-order valence-corrected chi connectivity index (χ0v) is 18.7. The monoisotopic (exact) mass is 474 g/mol. The summed E-state index contributed by atoms with van der Waals surface area (Å²) in [6, 6.07) is 7.17. The lowest BCUT2D eigenvalue weighted by molar-refractivity contribution is -0.151. The first-order valence-corrected chi connectivity index (χ1v) is 10.8. The van der Waals surface area contributed by atoms with Gasteiger partial charge >= 0.3 is 5.97 Å². The number of nitrogens with zero attached hydrogens (tertiary/aromatic N) is 1. The molecule has 34 heavy (non-hydrogen) atoms. The fourth-order valence-corrected chi connectivity index (χ4v) is 4.22. The fraction of sp³-hybridized carbons (Fsp3) is 0.375. The average molecular weight is 474 g/mol. The van der Waals surface area contributed by atoms with Gasteiger partial charge in [0.2, 0.25) is 0 Å². The number of benzene rings is 2. The van der Waals surface area contributed by atoms with Crippen molar-refractivity contribution in [3.63, 3.8) is 0 Å². The largest absolute Gasteiger partial charge is 0.490 e. The van der Waals surface area contributed by atoms with E-state index < -0.39 is 23.6 Å². The van der Waals surface area contributed by atoms with Crippen molar-refractivity contribution in [2.45, 2.75) is 37.5 Å². The zero-order valence-electron chi connectivity index (χ0n) is 18.7. The van der Waals surface area contributed by atoms with Crippen LogP contribution in [0.3, 0.4) is 0 Å². The maximum atomic E-state index is 13.5. The third-order valence-corrected chi connectivity index (χ3v) is 6.07. The maximum Gasteiger partial charge on any atom is 0.308 e. The Bertz CT molecular complexity index is 1120. The average Bonchev–Trinajstić information content (AvgIpc) is 2.83. The van der Waals surface area contributed by atoms with Gasteiger partial charge in [0.15, 0.2) is 11.6 Å². The number of anilines is 1. The molecule has 0 saturated carbocycles. The number of amides is 2. The Morgan fingerprint density at radius 2 is 1.94 bits per heavy atom. The van der Waals surface area contributed by atoms with E-state index in [-0.39, 0.29) is 48.2 Å². The molecule has 2 aliphatic rings. The molecule has 8 nitrogen and oxygen atoms in total. The van der Waals surface area contributed by atoms with Crippen LogP contribution in [0.1, 0.15) is 40.0 Å². The molecule has 2 aromatic rings. The number of hydrogen-bond acceptors (Lipinski definition) is 6. The van der Waals surface area contributed by atoms with Crippen molar-refractivity contribution in [1.82, 2.24) is 4.90 Å². The number of esters is 1. The minimum Gasteiger partial charge on any atom is -0.490 e. The van der Waals surface area contributed by atoms with Crippen LogP contribution in [0.2, 0.25) is 0 Å². The highest BCUT2D eigenvalue weighted by Crippen LogP contribution is 2.32. The molecule has 180 valence electrons. The van der Waals surface area contributed by atoms with E-state index in [0.29, 0.717) is 24.3 Å². The smallest absolute Gasteiger partial charge is 0.308 e. The molecule has 3 atom stereocenters. The third kappa shape index (κ3) is 4.86. The van der Waals surface area contributed by atoms with Gasteiger partial charge in [-0.1, -0.05) is 0 Å². The van der Waals surface area contributed by atoms with Crippen molar-refractivity contribution < 1.29 is 37.4 Å². The van der Waals surface area contributed by atoms with Crippen LogP contribution in [0, 0.1) is 11.6 Å². The van der Waals surface area contributed by atoms with Gasteiger partial charge < -0.3 is 24.4 Å². The summed E-state index contributed by atoms with van der Waals surface area (Å²) >= 11 is 0. The molecule has 2 aromatic carbocycles. The number of rotatable bonds is 4. The standard InChI is InChI=1S/C24H24F2N2O6/c1-28-19-7-5-15(11-22(29)32-2)34-21(19)12-33-20-8-4-14(10-16(20)24(28)31)27-23(30)13-3-6-17(25)18(26)9-13/h3-4,6,8-10,15,19,21H,5,7,11-12H2,1-2H3,(H,27,30)/t15-,19+,21-/m0/s1. The molecular weight excluding hydrogens is 450 g/mol. The van der Waals surface area contributed by atoms with Crippen molar-refractivity contribution in [3.8, 4) is 5.75 Å². The zero-order chi connectivity index (χ0) is 24.4. The first kappa shape index (κ1) is 23.6. The lowest BCUT2D eigenvalue weighted by Crippen LogP contribution is -2.53. The summed E-state index contributed by atoms with van der Waals surface area (Å²) < 4.78 is 43.3. The normalized spacial score (nSPS) is 21.9. The summed E-state index contributed by atoms with van der Waals surface area (Å²) in [7, 11) is 3.00. The molecule has 2 aliphatic heterocycles. The Balaban J connectivity index is 1.52. The molecule has 2 amide bonds. The lowest BCUT2D eigenvalue weighted by Gasteiger charge is -2.42. The third-order valence-electron chi connectivity index (χ3n) is 6.07. The van der Waals surface area contributed by atoms with E-state index in [2.05, 4.69) is 5.32 Å². The van der Waals surface area contributed by atoms with Crippen molar-refractivity contribution in [2.24, 2.45) is 0 Å². The second kappa shape index (κ2) is 9.76.